The predicted octanol–water partition coefficient (Wildman–Crippen LogP) is 3.27. The van der Waals surface area contributed by atoms with Gasteiger partial charge in [-0.2, -0.15) is 14.9 Å². The van der Waals surface area contributed by atoms with Gasteiger partial charge in [0.15, 0.2) is 5.82 Å². The molecule has 0 radical (unpaired) electrons. The molecule has 0 saturated heterocycles. The van der Waals surface area contributed by atoms with E-state index in [-0.39, 0.29) is 0 Å². The summed E-state index contributed by atoms with van der Waals surface area (Å²) in [6, 6.07) is 15.1. The van der Waals surface area contributed by atoms with Crippen LogP contribution in [0.1, 0.15) is 11.4 Å². The Morgan fingerprint density at radius 2 is 2.08 bits per heavy atom. The molecular weight excluding hydrogens is 358 g/mol. The largest absolute Gasteiger partial charge is 0.250 e. The van der Waals surface area contributed by atoms with Gasteiger partial charge in [-0.15, -0.1) is 5.10 Å². The summed E-state index contributed by atoms with van der Waals surface area (Å²) in [6.07, 6.45) is 1.68. The highest BCUT2D eigenvalue weighted by molar-refractivity contribution is 7.71. The fourth-order valence-electron chi connectivity index (χ4n) is 2.43. The maximum absolute atomic E-state index is 5.99. The molecule has 0 spiro atoms. The van der Waals surface area contributed by atoms with Crippen LogP contribution in [0.4, 0.5) is 0 Å². The van der Waals surface area contributed by atoms with Gasteiger partial charge in [-0.1, -0.05) is 41.1 Å². The monoisotopic (exact) mass is 369 g/mol. The molecule has 0 saturated carbocycles. The van der Waals surface area contributed by atoms with Gasteiger partial charge in [-0.25, -0.2) is 4.68 Å². The molecule has 2 heterocycles. The molecule has 0 aliphatic rings. The van der Waals surface area contributed by atoms with Crippen LogP contribution in [0.25, 0.3) is 11.0 Å². The van der Waals surface area contributed by atoms with Crippen molar-refractivity contribution in [1.29, 1.82) is 0 Å². The number of aromatic amines is 1. The first-order valence-corrected chi connectivity index (χ1v) is 8.24. The highest BCUT2D eigenvalue weighted by Crippen LogP contribution is 2.12. The third kappa shape index (κ3) is 3.21. The molecule has 0 aliphatic carbocycles. The Morgan fingerprint density at radius 1 is 1.20 bits per heavy atom. The topological polar surface area (TPSA) is 76.7 Å². The van der Waals surface area contributed by atoms with Gasteiger partial charge in [-0.3, -0.25) is 5.10 Å². The van der Waals surface area contributed by atoms with Crippen molar-refractivity contribution in [3.8, 4) is 0 Å². The van der Waals surface area contributed by atoms with E-state index >= 15 is 0 Å². The molecule has 4 rings (SSSR count). The van der Waals surface area contributed by atoms with Crippen LogP contribution < -0.4 is 0 Å². The fraction of sp³-hybridized carbons (Fsp3) is 0.0625. The number of nitrogens with zero attached hydrogens (tertiary/aromatic N) is 6. The summed E-state index contributed by atoms with van der Waals surface area (Å²) in [5, 5.41) is 20.4. The molecule has 1 N–H and O–H groups in total. The number of halogens is 1. The van der Waals surface area contributed by atoms with E-state index in [9.17, 15) is 0 Å². The minimum atomic E-state index is 0.389. The Morgan fingerprint density at radius 3 is 2.96 bits per heavy atom. The predicted molar refractivity (Wildman–Crippen MR) is 98.5 cm³/mol. The lowest BCUT2D eigenvalue weighted by Gasteiger charge is -2.02. The summed E-state index contributed by atoms with van der Waals surface area (Å²) < 4.78 is 3.72. The first-order chi connectivity index (χ1) is 12.2. The first-order valence-electron chi connectivity index (χ1n) is 7.45. The average Bonchev–Trinajstić information content (AvgIpc) is 3.18. The summed E-state index contributed by atoms with van der Waals surface area (Å²) in [4.78, 5) is 0. The molecule has 4 aromatic rings. The zero-order valence-electron chi connectivity index (χ0n) is 12.9. The van der Waals surface area contributed by atoms with E-state index in [1.165, 1.54) is 0 Å². The lowest BCUT2D eigenvalue weighted by molar-refractivity contribution is 0.617. The zero-order chi connectivity index (χ0) is 17.2. The minimum Gasteiger partial charge on any atom is -0.250 e. The van der Waals surface area contributed by atoms with Gasteiger partial charge >= 0.3 is 0 Å². The van der Waals surface area contributed by atoms with Crippen molar-refractivity contribution in [3.63, 3.8) is 0 Å². The summed E-state index contributed by atoms with van der Waals surface area (Å²) >= 11 is 11.3. The second-order valence-electron chi connectivity index (χ2n) is 5.29. The van der Waals surface area contributed by atoms with Crippen LogP contribution in [-0.2, 0) is 6.54 Å². The van der Waals surface area contributed by atoms with Crippen molar-refractivity contribution >= 4 is 41.1 Å². The minimum absolute atomic E-state index is 0.389. The SMILES string of the molecule is S=c1[nH]nc(Cn2nnc3ccccc32)n1/N=C\c1cccc(Cl)c1. The van der Waals surface area contributed by atoms with Gasteiger partial charge in [0.05, 0.1) is 11.7 Å². The lowest BCUT2D eigenvalue weighted by atomic mass is 10.2. The number of para-hydroxylation sites is 1. The van der Waals surface area contributed by atoms with E-state index in [1.54, 1.807) is 15.6 Å². The molecule has 0 amide bonds. The van der Waals surface area contributed by atoms with Gasteiger partial charge in [0.2, 0.25) is 4.77 Å². The van der Waals surface area contributed by atoms with E-state index in [2.05, 4.69) is 25.6 Å². The number of aromatic nitrogens is 6. The van der Waals surface area contributed by atoms with Crippen LogP contribution in [0.2, 0.25) is 5.02 Å². The van der Waals surface area contributed by atoms with Crippen molar-refractivity contribution in [2.45, 2.75) is 6.54 Å². The van der Waals surface area contributed by atoms with Crippen LogP contribution in [-0.4, -0.2) is 36.1 Å². The normalized spacial score (nSPS) is 11.6. The molecule has 7 nitrogen and oxygen atoms in total. The molecule has 0 atom stereocenters. The Kier molecular flexibility index (Phi) is 4.12. The number of nitrogens with one attached hydrogen (secondary N) is 1. The highest BCUT2D eigenvalue weighted by Gasteiger charge is 2.10. The summed E-state index contributed by atoms with van der Waals surface area (Å²) in [5.41, 5.74) is 2.61. The van der Waals surface area contributed by atoms with Crippen molar-refractivity contribution in [3.05, 3.63) is 69.7 Å². The van der Waals surface area contributed by atoms with Gasteiger partial charge in [0, 0.05) is 5.02 Å². The maximum Gasteiger partial charge on any atom is 0.216 e. The molecule has 0 bridgehead atoms. The number of hydrogen-bond acceptors (Lipinski definition) is 5. The number of benzene rings is 2. The summed E-state index contributed by atoms with van der Waals surface area (Å²) in [6.45, 7) is 0.389. The standard InChI is InChI=1S/C16H12ClN7S/c17-12-5-3-4-11(8-12)9-18-24-15(20-21-16(24)25)10-23-14-7-2-1-6-13(14)19-22-23/h1-9H,10H2,(H,21,25)/b18-9-. The number of H-pyrrole nitrogens is 1. The third-order valence-corrected chi connectivity index (χ3v) is 4.10. The molecule has 9 heteroatoms. The second kappa shape index (κ2) is 6.58. The third-order valence-electron chi connectivity index (χ3n) is 3.60. The molecule has 124 valence electrons. The Bertz CT molecular complexity index is 1120. The molecular formula is C16H12ClN7S. The van der Waals surface area contributed by atoms with Crippen molar-refractivity contribution in [2.75, 3.05) is 0 Å². The summed E-state index contributed by atoms with van der Waals surface area (Å²) in [7, 11) is 0. The number of rotatable bonds is 4. The van der Waals surface area contributed by atoms with E-state index in [0.717, 1.165) is 16.6 Å². The molecule has 0 fully saturated rings. The van der Waals surface area contributed by atoms with Gasteiger partial charge < -0.3 is 0 Å². The van der Waals surface area contributed by atoms with E-state index in [4.69, 9.17) is 23.8 Å². The lowest BCUT2D eigenvalue weighted by Crippen LogP contribution is -2.08. The van der Waals surface area contributed by atoms with Crippen molar-refractivity contribution < 1.29 is 0 Å². The Labute approximate surface area is 152 Å². The summed E-state index contributed by atoms with van der Waals surface area (Å²) in [5.74, 6) is 0.624. The van der Waals surface area contributed by atoms with Crippen LogP contribution in [0.15, 0.2) is 53.6 Å². The second-order valence-corrected chi connectivity index (χ2v) is 6.12. The van der Waals surface area contributed by atoms with Crippen LogP contribution in [0.3, 0.4) is 0 Å². The van der Waals surface area contributed by atoms with E-state index < -0.39 is 0 Å². The maximum atomic E-state index is 5.99. The van der Waals surface area contributed by atoms with Crippen LogP contribution in [0, 0.1) is 4.77 Å². The molecule has 2 aromatic heterocycles. The van der Waals surface area contributed by atoms with Crippen LogP contribution in [0.5, 0.6) is 0 Å². The van der Waals surface area contributed by atoms with E-state index in [1.807, 2.05) is 48.5 Å². The zero-order valence-corrected chi connectivity index (χ0v) is 14.4. The van der Waals surface area contributed by atoms with Gasteiger partial charge in [0.1, 0.15) is 12.1 Å². The Hall–Kier alpha value is -2.84. The number of hydrogen-bond donors (Lipinski definition) is 1. The molecule has 0 unspecified atom stereocenters. The highest BCUT2D eigenvalue weighted by atomic mass is 35.5. The number of fused-ring (bicyclic) bond motifs is 1. The van der Waals surface area contributed by atoms with Crippen molar-refractivity contribution in [2.24, 2.45) is 5.10 Å². The smallest absolute Gasteiger partial charge is 0.216 e. The quantitative estimate of drug-likeness (QED) is 0.442. The Balaban J connectivity index is 1.67. The fourth-order valence-corrected chi connectivity index (χ4v) is 2.82. The van der Waals surface area contributed by atoms with E-state index in [0.29, 0.717) is 22.2 Å². The molecule has 0 aliphatic heterocycles. The van der Waals surface area contributed by atoms with Crippen LogP contribution >= 0.6 is 23.8 Å². The van der Waals surface area contributed by atoms with Crippen molar-refractivity contribution in [1.82, 2.24) is 29.9 Å². The molecule has 25 heavy (non-hydrogen) atoms. The molecule has 2 aromatic carbocycles. The average molecular weight is 370 g/mol. The van der Waals surface area contributed by atoms with Gasteiger partial charge in [-0.05, 0) is 42.0 Å². The first kappa shape index (κ1) is 15.7. The van der Waals surface area contributed by atoms with Gasteiger partial charge in [0.25, 0.3) is 0 Å².